The molecule has 0 amide bonds. The average molecular weight is 278 g/mol. The first-order valence-electron chi connectivity index (χ1n) is 6.68. The Labute approximate surface area is 120 Å². The van der Waals surface area contributed by atoms with E-state index < -0.39 is 17.4 Å². The van der Waals surface area contributed by atoms with E-state index in [4.69, 9.17) is 9.47 Å². The summed E-state index contributed by atoms with van der Waals surface area (Å²) in [5.74, 6) is 4.31. The topological polar surface area (TPSA) is 52.6 Å². The molecule has 0 aromatic carbocycles. The molecule has 0 aromatic heterocycles. The Bertz CT molecular complexity index is 445. The van der Waals surface area contributed by atoms with Crippen LogP contribution in [0, 0.1) is 22.7 Å². The van der Waals surface area contributed by atoms with E-state index in [0.29, 0.717) is 0 Å². The predicted octanol–water partition coefficient (Wildman–Crippen LogP) is 2.48. The van der Waals surface area contributed by atoms with Crippen molar-refractivity contribution in [1.82, 2.24) is 0 Å². The standard InChI is InChI=1S/C16H22O4/c1-5-6-9-16(13(17)19-3,14(18)20-4)10-7-8-15(2)11-12-15/h7-8H,9-12H2,1-4H3/b8-7+. The molecule has 0 unspecified atom stereocenters. The van der Waals surface area contributed by atoms with Gasteiger partial charge in [-0.15, -0.1) is 11.8 Å². The smallest absolute Gasteiger partial charge is 0.324 e. The molecule has 0 radical (unpaired) electrons. The van der Waals surface area contributed by atoms with Gasteiger partial charge in [-0.1, -0.05) is 19.1 Å². The van der Waals surface area contributed by atoms with E-state index in [1.807, 2.05) is 6.08 Å². The molecule has 110 valence electrons. The van der Waals surface area contributed by atoms with Crippen LogP contribution in [0.4, 0.5) is 0 Å². The lowest BCUT2D eigenvalue weighted by Crippen LogP contribution is -2.40. The van der Waals surface area contributed by atoms with E-state index in [1.165, 1.54) is 14.2 Å². The second-order valence-electron chi connectivity index (χ2n) is 5.43. The predicted molar refractivity (Wildman–Crippen MR) is 75.6 cm³/mol. The fourth-order valence-electron chi connectivity index (χ4n) is 2.00. The zero-order valence-corrected chi connectivity index (χ0v) is 12.6. The Kier molecular flexibility index (Phi) is 5.38. The SMILES string of the molecule is CC#CCC(C/C=C/C1(C)CC1)(C(=O)OC)C(=O)OC. The number of hydrogen-bond acceptors (Lipinski definition) is 4. The lowest BCUT2D eigenvalue weighted by Gasteiger charge is -2.25. The van der Waals surface area contributed by atoms with Crippen molar-refractivity contribution >= 4 is 11.9 Å². The molecule has 0 bridgehead atoms. The zero-order chi connectivity index (χ0) is 15.2. The maximum Gasteiger partial charge on any atom is 0.324 e. The van der Waals surface area contributed by atoms with Crippen LogP contribution in [0.5, 0.6) is 0 Å². The molecule has 1 aliphatic rings. The van der Waals surface area contributed by atoms with Crippen molar-refractivity contribution < 1.29 is 19.1 Å². The molecule has 0 N–H and O–H groups in total. The van der Waals surface area contributed by atoms with Crippen LogP contribution in [0.3, 0.4) is 0 Å². The van der Waals surface area contributed by atoms with Crippen molar-refractivity contribution in [2.75, 3.05) is 14.2 Å². The Morgan fingerprint density at radius 2 is 1.80 bits per heavy atom. The van der Waals surface area contributed by atoms with E-state index >= 15 is 0 Å². The molecule has 0 aromatic rings. The summed E-state index contributed by atoms with van der Waals surface area (Å²) in [6.45, 7) is 3.81. The summed E-state index contributed by atoms with van der Waals surface area (Å²) in [5.41, 5.74) is -1.15. The maximum atomic E-state index is 12.1. The highest BCUT2D eigenvalue weighted by molar-refractivity contribution is 6.00. The molecule has 0 atom stereocenters. The Balaban J connectivity index is 2.99. The van der Waals surface area contributed by atoms with Crippen molar-refractivity contribution in [2.24, 2.45) is 10.8 Å². The molecule has 0 spiro atoms. The summed E-state index contributed by atoms with van der Waals surface area (Å²) in [5, 5.41) is 0. The monoisotopic (exact) mass is 278 g/mol. The maximum absolute atomic E-state index is 12.1. The van der Waals surface area contributed by atoms with Crippen LogP contribution in [0.25, 0.3) is 0 Å². The third-order valence-corrected chi connectivity index (χ3v) is 3.74. The first kappa shape index (κ1) is 16.3. The van der Waals surface area contributed by atoms with Gasteiger partial charge in [-0.25, -0.2) is 0 Å². The van der Waals surface area contributed by atoms with Gasteiger partial charge in [0.15, 0.2) is 5.41 Å². The fourth-order valence-corrected chi connectivity index (χ4v) is 2.00. The van der Waals surface area contributed by atoms with Crippen LogP contribution in [-0.2, 0) is 19.1 Å². The van der Waals surface area contributed by atoms with Crippen molar-refractivity contribution in [1.29, 1.82) is 0 Å². The summed E-state index contributed by atoms with van der Waals surface area (Å²) >= 11 is 0. The van der Waals surface area contributed by atoms with E-state index in [0.717, 1.165) is 12.8 Å². The van der Waals surface area contributed by atoms with E-state index in [-0.39, 0.29) is 18.3 Å². The number of esters is 2. The van der Waals surface area contributed by atoms with Gasteiger partial charge in [0.2, 0.25) is 0 Å². The molecule has 20 heavy (non-hydrogen) atoms. The number of carbonyl (C=O) groups excluding carboxylic acids is 2. The van der Waals surface area contributed by atoms with Gasteiger partial charge in [-0.05, 0) is 31.6 Å². The van der Waals surface area contributed by atoms with Gasteiger partial charge in [0.05, 0.1) is 14.2 Å². The lowest BCUT2D eigenvalue weighted by molar-refractivity contribution is -0.168. The van der Waals surface area contributed by atoms with Gasteiger partial charge in [0, 0.05) is 6.42 Å². The number of ether oxygens (including phenoxy) is 2. The van der Waals surface area contributed by atoms with Gasteiger partial charge in [-0.2, -0.15) is 0 Å². The third-order valence-electron chi connectivity index (χ3n) is 3.74. The van der Waals surface area contributed by atoms with Crippen molar-refractivity contribution in [3.05, 3.63) is 12.2 Å². The van der Waals surface area contributed by atoms with Gasteiger partial charge in [-0.3, -0.25) is 9.59 Å². The number of rotatable bonds is 6. The lowest BCUT2D eigenvalue weighted by atomic mass is 9.80. The Hall–Kier alpha value is -1.76. The minimum absolute atomic E-state index is 0.101. The van der Waals surface area contributed by atoms with Gasteiger partial charge in [0.25, 0.3) is 0 Å². The van der Waals surface area contributed by atoms with Crippen LogP contribution in [0.2, 0.25) is 0 Å². The number of carbonyl (C=O) groups is 2. The molecule has 0 saturated heterocycles. The molecule has 1 rings (SSSR count). The van der Waals surface area contributed by atoms with E-state index in [1.54, 1.807) is 6.92 Å². The Morgan fingerprint density at radius 3 is 2.20 bits per heavy atom. The highest BCUT2D eigenvalue weighted by Crippen LogP contribution is 2.46. The van der Waals surface area contributed by atoms with Gasteiger partial charge >= 0.3 is 11.9 Å². The molecule has 0 aliphatic heterocycles. The molecule has 1 aliphatic carbocycles. The largest absolute Gasteiger partial charge is 0.468 e. The molecule has 1 saturated carbocycles. The zero-order valence-electron chi connectivity index (χ0n) is 12.6. The van der Waals surface area contributed by atoms with Crippen LogP contribution in [0.15, 0.2) is 12.2 Å². The minimum atomic E-state index is -1.37. The first-order chi connectivity index (χ1) is 9.44. The fraction of sp³-hybridized carbons (Fsp3) is 0.625. The highest BCUT2D eigenvalue weighted by Gasteiger charge is 2.47. The Morgan fingerprint density at radius 1 is 1.25 bits per heavy atom. The molecule has 1 fully saturated rings. The molecular formula is C16H22O4. The highest BCUT2D eigenvalue weighted by atomic mass is 16.5. The number of hydrogen-bond donors (Lipinski definition) is 0. The summed E-state index contributed by atoms with van der Waals surface area (Å²) in [7, 11) is 2.54. The van der Waals surface area contributed by atoms with Gasteiger partial charge in [0.1, 0.15) is 0 Å². The van der Waals surface area contributed by atoms with Gasteiger partial charge < -0.3 is 9.47 Å². The average Bonchev–Trinajstić information content (AvgIpc) is 3.18. The number of methoxy groups -OCH3 is 2. The quantitative estimate of drug-likeness (QED) is 0.324. The summed E-state index contributed by atoms with van der Waals surface area (Å²) < 4.78 is 9.59. The van der Waals surface area contributed by atoms with Crippen molar-refractivity contribution in [3.8, 4) is 11.8 Å². The van der Waals surface area contributed by atoms with E-state index in [2.05, 4.69) is 24.8 Å². The van der Waals surface area contributed by atoms with Crippen molar-refractivity contribution in [2.45, 2.75) is 39.5 Å². The third kappa shape index (κ3) is 3.63. The molecule has 0 heterocycles. The molecule has 4 nitrogen and oxygen atoms in total. The number of allylic oxidation sites excluding steroid dienone is 2. The summed E-state index contributed by atoms with van der Waals surface area (Å²) in [6.07, 6.45) is 6.56. The summed E-state index contributed by atoms with van der Waals surface area (Å²) in [6, 6.07) is 0. The van der Waals surface area contributed by atoms with Crippen LogP contribution in [-0.4, -0.2) is 26.2 Å². The normalized spacial score (nSPS) is 16.2. The first-order valence-corrected chi connectivity index (χ1v) is 6.68. The second kappa shape index (κ2) is 6.60. The summed E-state index contributed by atoms with van der Waals surface area (Å²) in [4.78, 5) is 24.2. The molecule has 4 heteroatoms. The minimum Gasteiger partial charge on any atom is -0.468 e. The van der Waals surface area contributed by atoms with Crippen LogP contribution < -0.4 is 0 Å². The molecular weight excluding hydrogens is 256 g/mol. The van der Waals surface area contributed by atoms with Crippen LogP contribution in [0.1, 0.15) is 39.5 Å². The second-order valence-corrected chi connectivity index (χ2v) is 5.43. The van der Waals surface area contributed by atoms with Crippen LogP contribution >= 0.6 is 0 Å². The van der Waals surface area contributed by atoms with Crippen molar-refractivity contribution in [3.63, 3.8) is 0 Å². The van der Waals surface area contributed by atoms with E-state index in [9.17, 15) is 9.59 Å².